The third kappa shape index (κ3) is 4.64. The van der Waals surface area contributed by atoms with Gasteiger partial charge in [0.1, 0.15) is 0 Å². The number of rotatable bonds is 4. The van der Waals surface area contributed by atoms with E-state index in [1.54, 1.807) is 0 Å². The molecule has 0 saturated heterocycles. The van der Waals surface area contributed by atoms with Crippen LogP contribution in [0.25, 0.3) is 0 Å². The summed E-state index contributed by atoms with van der Waals surface area (Å²) in [5.41, 5.74) is 10.8. The summed E-state index contributed by atoms with van der Waals surface area (Å²) in [7, 11) is 0. The quantitative estimate of drug-likeness (QED) is 0.247. The lowest BCUT2D eigenvalue weighted by atomic mass is 9.61. The highest BCUT2D eigenvalue weighted by atomic mass is 15.3. The topological polar surface area (TPSA) is 6.48 Å². The van der Waals surface area contributed by atoms with Crippen LogP contribution in [0.4, 0.5) is 28.4 Å². The second-order valence-corrected chi connectivity index (χ2v) is 15.1. The van der Waals surface area contributed by atoms with Crippen LogP contribution in [0.1, 0.15) is 97.8 Å². The Kier molecular flexibility index (Phi) is 6.84. The van der Waals surface area contributed by atoms with Crippen molar-refractivity contribution in [3.63, 3.8) is 0 Å². The SMILES string of the molecule is CC(C)(C)c1cc(N(c2ccccc2)c2ccccc2)cc(N2c3ccc(C(C)(C)C)cc3C3(C)CCCCC23C)c1. The maximum Gasteiger partial charge on any atom is 0.0517 e. The van der Waals surface area contributed by atoms with Crippen molar-refractivity contribution in [2.45, 2.75) is 103 Å². The summed E-state index contributed by atoms with van der Waals surface area (Å²) in [4.78, 5) is 5.15. The molecule has 1 aliphatic heterocycles. The van der Waals surface area contributed by atoms with Gasteiger partial charge in [-0.1, -0.05) is 110 Å². The Morgan fingerprint density at radius 2 is 1.17 bits per heavy atom. The van der Waals surface area contributed by atoms with Crippen LogP contribution in [0.3, 0.4) is 0 Å². The smallest absolute Gasteiger partial charge is 0.0517 e. The lowest BCUT2D eigenvalue weighted by molar-refractivity contribution is 0.194. The zero-order chi connectivity index (χ0) is 29.9. The number of benzene rings is 4. The maximum atomic E-state index is 2.74. The van der Waals surface area contributed by atoms with Gasteiger partial charge >= 0.3 is 0 Å². The average molecular weight is 557 g/mol. The third-order valence-electron chi connectivity index (χ3n) is 10.3. The van der Waals surface area contributed by atoms with Crippen LogP contribution in [0, 0.1) is 0 Å². The summed E-state index contributed by atoms with van der Waals surface area (Å²) in [5, 5.41) is 0. The molecule has 0 radical (unpaired) electrons. The van der Waals surface area contributed by atoms with Crippen molar-refractivity contribution >= 4 is 28.4 Å². The molecular weight excluding hydrogens is 508 g/mol. The van der Waals surface area contributed by atoms with Crippen LogP contribution in [-0.4, -0.2) is 5.54 Å². The third-order valence-corrected chi connectivity index (χ3v) is 10.3. The predicted molar refractivity (Wildman–Crippen MR) is 181 cm³/mol. The van der Waals surface area contributed by atoms with Gasteiger partial charge in [0, 0.05) is 33.9 Å². The Morgan fingerprint density at radius 1 is 0.595 bits per heavy atom. The van der Waals surface area contributed by atoms with E-state index in [2.05, 4.69) is 162 Å². The number of nitrogens with zero attached hydrogens (tertiary/aromatic N) is 2. The number of hydrogen-bond acceptors (Lipinski definition) is 2. The van der Waals surface area contributed by atoms with E-state index < -0.39 is 0 Å². The lowest BCUT2D eigenvalue weighted by Gasteiger charge is -2.50. The molecule has 4 aromatic rings. The van der Waals surface area contributed by atoms with Crippen LogP contribution >= 0.6 is 0 Å². The molecule has 4 aromatic carbocycles. The first-order valence-electron chi connectivity index (χ1n) is 15.8. The van der Waals surface area contributed by atoms with Gasteiger partial charge in [-0.2, -0.15) is 0 Å². The van der Waals surface area contributed by atoms with Crippen molar-refractivity contribution in [3.8, 4) is 0 Å². The summed E-state index contributed by atoms with van der Waals surface area (Å²) in [5.74, 6) is 0. The largest absolute Gasteiger partial charge is 0.334 e. The summed E-state index contributed by atoms with van der Waals surface area (Å²) in [6.45, 7) is 19.1. The van der Waals surface area contributed by atoms with E-state index >= 15 is 0 Å². The Morgan fingerprint density at radius 3 is 1.74 bits per heavy atom. The highest BCUT2D eigenvalue weighted by molar-refractivity contribution is 5.83. The molecule has 2 atom stereocenters. The fourth-order valence-electron chi connectivity index (χ4n) is 7.49. The number of para-hydroxylation sites is 2. The van der Waals surface area contributed by atoms with E-state index in [4.69, 9.17) is 0 Å². The molecule has 2 unspecified atom stereocenters. The van der Waals surface area contributed by atoms with Crippen molar-refractivity contribution in [3.05, 3.63) is 114 Å². The van der Waals surface area contributed by atoms with Gasteiger partial charge in [0.2, 0.25) is 0 Å². The number of fused-ring (bicyclic) bond motifs is 3. The average Bonchev–Trinajstić information content (AvgIpc) is 3.16. The van der Waals surface area contributed by atoms with Gasteiger partial charge in [-0.3, -0.25) is 0 Å². The standard InChI is InChI=1S/C40H48N2/c1-37(2,3)29-21-22-36-35(27-29)39(7)23-15-16-24-40(39,8)42(36)34-26-30(38(4,5)6)25-33(28-34)41(31-17-11-9-12-18-31)32-19-13-10-14-20-32/h9-14,17-22,25-28H,15-16,23-24H2,1-8H3. The van der Waals surface area contributed by atoms with Gasteiger partial charge in [-0.15, -0.1) is 0 Å². The van der Waals surface area contributed by atoms with Crippen molar-refractivity contribution in [2.75, 3.05) is 9.80 Å². The molecule has 6 rings (SSSR count). The molecule has 42 heavy (non-hydrogen) atoms. The van der Waals surface area contributed by atoms with Gasteiger partial charge in [0.25, 0.3) is 0 Å². The Bertz CT molecular complexity index is 1530. The van der Waals surface area contributed by atoms with Gasteiger partial charge in [-0.05, 0) is 95.8 Å². The van der Waals surface area contributed by atoms with Crippen molar-refractivity contribution < 1.29 is 0 Å². The zero-order valence-electron chi connectivity index (χ0n) is 27.0. The van der Waals surface area contributed by atoms with Crippen molar-refractivity contribution in [1.82, 2.24) is 0 Å². The van der Waals surface area contributed by atoms with Gasteiger partial charge in [-0.25, -0.2) is 0 Å². The van der Waals surface area contributed by atoms with E-state index in [0.717, 1.165) is 0 Å². The van der Waals surface area contributed by atoms with E-state index in [1.165, 1.54) is 70.8 Å². The molecule has 218 valence electrons. The van der Waals surface area contributed by atoms with E-state index in [-0.39, 0.29) is 21.8 Å². The van der Waals surface area contributed by atoms with Crippen LogP contribution in [0.15, 0.2) is 97.1 Å². The highest BCUT2D eigenvalue weighted by Gasteiger charge is 2.57. The molecule has 0 aromatic heterocycles. The number of hydrogen-bond donors (Lipinski definition) is 0. The highest BCUT2D eigenvalue weighted by Crippen LogP contribution is 2.61. The Hall–Kier alpha value is -3.52. The minimum atomic E-state index is -0.000769. The molecule has 0 amide bonds. The Balaban J connectivity index is 1.61. The summed E-state index contributed by atoms with van der Waals surface area (Å²) in [6, 6.07) is 36.3. The lowest BCUT2D eigenvalue weighted by Crippen LogP contribution is -2.54. The molecular formula is C40H48N2. The zero-order valence-corrected chi connectivity index (χ0v) is 27.0. The molecule has 2 aliphatic rings. The molecule has 0 spiro atoms. The first-order chi connectivity index (χ1) is 19.8. The first-order valence-corrected chi connectivity index (χ1v) is 15.8. The van der Waals surface area contributed by atoms with Crippen LogP contribution in [-0.2, 0) is 16.2 Å². The molecule has 0 bridgehead atoms. The number of anilines is 5. The molecule has 1 fully saturated rings. The van der Waals surface area contributed by atoms with Gasteiger partial charge < -0.3 is 9.80 Å². The Labute approximate surface area is 254 Å². The van der Waals surface area contributed by atoms with E-state index in [1.807, 2.05) is 0 Å². The van der Waals surface area contributed by atoms with Crippen LogP contribution < -0.4 is 9.80 Å². The second kappa shape index (κ2) is 10.0. The predicted octanol–water partition coefficient (Wildman–Crippen LogP) is 11.5. The first kappa shape index (κ1) is 28.6. The molecule has 1 aliphatic carbocycles. The minimum Gasteiger partial charge on any atom is -0.334 e. The molecule has 2 heteroatoms. The van der Waals surface area contributed by atoms with Crippen LogP contribution in [0.2, 0.25) is 0 Å². The van der Waals surface area contributed by atoms with Crippen molar-refractivity contribution in [2.24, 2.45) is 0 Å². The fourth-order valence-corrected chi connectivity index (χ4v) is 7.49. The fraction of sp³-hybridized carbons (Fsp3) is 0.400. The summed E-state index contributed by atoms with van der Waals surface area (Å²) < 4.78 is 0. The van der Waals surface area contributed by atoms with Crippen LogP contribution in [0.5, 0.6) is 0 Å². The normalized spacial score (nSPS) is 22.0. The summed E-state index contributed by atoms with van der Waals surface area (Å²) in [6.07, 6.45) is 4.99. The molecule has 1 heterocycles. The molecule has 1 saturated carbocycles. The monoisotopic (exact) mass is 556 g/mol. The second-order valence-electron chi connectivity index (χ2n) is 15.1. The summed E-state index contributed by atoms with van der Waals surface area (Å²) >= 11 is 0. The van der Waals surface area contributed by atoms with E-state index in [9.17, 15) is 0 Å². The molecule has 2 nitrogen and oxygen atoms in total. The van der Waals surface area contributed by atoms with Gasteiger partial charge in [0.15, 0.2) is 0 Å². The van der Waals surface area contributed by atoms with E-state index in [0.29, 0.717) is 0 Å². The molecule has 0 N–H and O–H groups in total. The van der Waals surface area contributed by atoms with Gasteiger partial charge in [0.05, 0.1) is 5.54 Å². The van der Waals surface area contributed by atoms with Crippen molar-refractivity contribution in [1.29, 1.82) is 0 Å². The maximum absolute atomic E-state index is 2.74. The minimum absolute atomic E-state index is 0.000769.